The Labute approximate surface area is 162 Å². The molecule has 0 aromatic rings. The van der Waals surface area contributed by atoms with E-state index >= 15 is 0 Å². The molecule has 0 saturated heterocycles. The van der Waals surface area contributed by atoms with Gasteiger partial charge in [0.05, 0.1) is 11.3 Å². The zero-order valence-corrected chi connectivity index (χ0v) is 16.9. The molecule has 3 fully saturated rings. The van der Waals surface area contributed by atoms with Crippen LogP contribution in [0.1, 0.15) is 58.8 Å². The number of rotatable bonds is 1. The SMILES string of the molecule is COC1C=C[C@@]2(CCC3C4C(CC[C@@]32C)[C@H]2CC/C(=N\O)C=C2C[C@H]4C)O1. The first-order valence-corrected chi connectivity index (χ1v) is 10.8. The van der Waals surface area contributed by atoms with Gasteiger partial charge in [0.25, 0.3) is 0 Å². The molecule has 5 rings (SSSR count). The molecule has 0 aromatic heterocycles. The van der Waals surface area contributed by atoms with E-state index in [1.807, 2.05) is 0 Å². The van der Waals surface area contributed by atoms with E-state index < -0.39 is 0 Å². The second-order valence-corrected chi connectivity index (χ2v) is 9.95. The van der Waals surface area contributed by atoms with Gasteiger partial charge in [0.2, 0.25) is 0 Å². The number of nitrogens with zero attached hydrogens (tertiary/aromatic N) is 1. The summed E-state index contributed by atoms with van der Waals surface area (Å²) in [7, 11) is 1.74. The third kappa shape index (κ3) is 2.38. The minimum Gasteiger partial charge on any atom is -0.411 e. The summed E-state index contributed by atoms with van der Waals surface area (Å²) in [4.78, 5) is 0. The quantitative estimate of drug-likeness (QED) is 0.404. The molecule has 3 saturated carbocycles. The van der Waals surface area contributed by atoms with Gasteiger partial charge in [-0.1, -0.05) is 30.7 Å². The first kappa shape index (κ1) is 17.9. The van der Waals surface area contributed by atoms with Crippen LogP contribution in [0.5, 0.6) is 0 Å². The van der Waals surface area contributed by atoms with Gasteiger partial charge in [-0.05, 0) is 86.7 Å². The van der Waals surface area contributed by atoms with Crippen LogP contribution < -0.4 is 0 Å². The van der Waals surface area contributed by atoms with Gasteiger partial charge in [-0.25, -0.2) is 0 Å². The van der Waals surface area contributed by atoms with Crippen molar-refractivity contribution in [1.82, 2.24) is 0 Å². The molecular weight excluding hydrogens is 338 g/mol. The van der Waals surface area contributed by atoms with Crippen LogP contribution in [-0.2, 0) is 9.47 Å². The van der Waals surface area contributed by atoms with Gasteiger partial charge in [0.15, 0.2) is 6.29 Å². The molecule has 4 heteroatoms. The number of hydrogen-bond donors (Lipinski definition) is 1. The molecule has 1 heterocycles. The molecule has 4 aliphatic carbocycles. The molecule has 148 valence electrons. The summed E-state index contributed by atoms with van der Waals surface area (Å²) in [6.07, 6.45) is 14.7. The minimum atomic E-state index is -0.175. The van der Waals surface area contributed by atoms with Crippen LogP contribution in [0.2, 0.25) is 0 Å². The van der Waals surface area contributed by atoms with Crippen molar-refractivity contribution in [3.8, 4) is 0 Å². The summed E-state index contributed by atoms with van der Waals surface area (Å²) in [5.74, 6) is 3.71. The summed E-state index contributed by atoms with van der Waals surface area (Å²) >= 11 is 0. The number of oxime groups is 1. The lowest BCUT2D eigenvalue weighted by molar-refractivity contribution is -0.193. The predicted molar refractivity (Wildman–Crippen MR) is 105 cm³/mol. The minimum absolute atomic E-state index is 0.123. The van der Waals surface area contributed by atoms with Crippen molar-refractivity contribution >= 4 is 5.71 Å². The standard InChI is InChI=1S/C23H33NO3/c1-14-12-15-13-16(24-25)4-5-17(15)18-6-9-22(2)19(21(14)18)7-10-23(22)11-8-20(26-3)27-23/h8,11,13-14,17-21,25H,4-7,9-10,12H2,1-3H3/b24-16+/t14-,17+,18?,19?,20?,21?,22+,23-/m1/s1. The van der Waals surface area contributed by atoms with Gasteiger partial charge in [-0.15, -0.1) is 0 Å². The lowest BCUT2D eigenvalue weighted by Crippen LogP contribution is -2.54. The van der Waals surface area contributed by atoms with Gasteiger partial charge >= 0.3 is 0 Å². The Morgan fingerprint density at radius 2 is 2.11 bits per heavy atom. The highest BCUT2D eigenvalue weighted by atomic mass is 16.7. The van der Waals surface area contributed by atoms with Gasteiger partial charge in [0.1, 0.15) is 0 Å². The normalized spacial score (nSPS) is 52.6. The fourth-order valence-corrected chi connectivity index (χ4v) is 7.83. The zero-order chi connectivity index (χ0) is 18.8. The van der Waals surface area contributed by atoms with Gasteiger partial charge in [-0.3, -0.25) is 0 Å². The van der Waals surface area contributed by atoms with Crippen LogP contribution in [0.4, 0.5) is 0 Å². The molecule has 1 aliphatic heterocycles. The summed E-state index contributed by atoms with van der Waals surface area (Å²) in [6.45, 7) is 4.96. The van der Waals surface area contributed by atoms with Gasteiger partial charge < -0.3 is 14.7 Å². The topological polar surface area (TPSA) is 51.0 Å². The summed E-state index contributed by atoms with van der Waals surface area (Å²) in [6, 6.07) is 0. The number of methoxy groups -OCH3 is 1. The van der Waals surface area contributed by atoms with E-state index in [4.69, 9.17) is 9.47 Å². The molecule has 27 heavy (non-hydrogen) atoms. The number of ether oxygens (including phenoxy) is 2. The smallest absolute Gasteiger partial charge is 0.177 e. The van der Waals surface area contributed by atoms with Crippen LogP contribution in [0.3, 0.4) is 0 Å². The lowest BCUT2D eigenvalue weighted by atomic mass is 9.48. The van der Waals surface area contributed by atoms with E-state index in [0.29, 0.717) is 11.8 Å². The number of hydrogen-bond acceptors (Lipinski definition) is 4. The highest BCUT2D eigenvalue weighted by molar-refractivity contribution is 5.96. The third-order valence-corrected chi connectivity index (χ3v) is 9.05. The van der Waals surface area contributed by atoms with Crippen LogP contribution in [0.15, 0.2) is 29.0 Å². The second kappa shape index (κ2) is 6.18. The zero-order valence-electron chi connectivity index (χ0n) is 16.9. The van der Waals surface area contributed by atoms with Gasteiger partial charge in [0, 0.05) is 12.5 Å². The first-order chi connectivity index (χ1) is 13.0. The van der Waals surface area contributed by atoms with Crippen molar-refractivity contribution in [2.24, 2.45) is 40.2 Å². The Kier molecular flexibility index (Phi) is 4.11. The highest BCUT2D eigenvalue weighted by Crippen LogP contribution is 2.67. The van der Waals surface area contributed by atoms with E-state index in [0.717, 1.165) is 42.7 Å². The summed E-state index contributed by atoms with van der Waals surface area (Å²) in [5, 5.41) is 12.7. The van der Waals surface area contributed by atoms with Crippen molar-refractivity contribution in [3.63, 3.8) is 0 Å². The number of fused-ring (bicyclic) bond motifs is 6. The summed E-state index contributed by atoms with van der Waals surface area (Å²) < 4.78 is 12.0. The second-order valence-electron chi connectivity index (χ2n) is 9.95. The van der Waals surface area contributed by atoms with Crippen molar-refractivity contribution in [3.05, 3.63) is 23.8 Å². The Balaban J connectivity index is 1.46. The molecule has 1 N–H and O–H groups in total. The molecule has 0 aromatic carbocycles. The molecule has 8 atom stereocenters. The van der Waals surface area contributed by atoms with Crippen molar-refractivity contribution in [2.75, 3.05) is 7.11 Å². The van der Waals surface area contributed by atoms with E-state index in [1.165, 1.54) is 25.7 Å². The average molecular weight is 372 g/mol. The van der Waals surface area contributed by atoms with Crippen LogP contribution in [-0.4, -0.2) is 29.9 Å². The predicted octanol–water partition coefficient (Wildman–Crippen LogP) is 4.93. The number of allylic oxidation sites excluding steroid dienone is 2. The molecule has 0 amide bonds. The molecule has 5 aliphatic rings. The Morgan fingerprint density at radius 3 is 2.85 bits per heavy atom. The Morgan fingerprint density at radius 1 is 1.26 bits per heavy atom. The largest absolute Gasteiger partial charge is 0.411 e. The van der Waals surface area contributed by atoms with Crippen molar-refractivity contribution in [2.45, 2.75) is 70.7 Å². The van der Waals surface area contributed by atoms with E-state index in [2.05, 4.69) is 37.2 Å². The molecule has 0 bridgehead atoms. The van der Waals surface area contributed by atoms with E-state index in [1.54, 1.807) is 12.7 Å². The maximum absolute atomic E-state index is 9.21. The van der Waals surface area contributed by atoms with Crippen LogP contribution in [0, 0.1) is 35.0 Å². The van der Waals surface area contributed by atoms with Crippen molar-refractivity contribution < 1.29 is 14.7 Å². The molecule has 4 unspecified atom stereocenters. The Bertz CT molecular complexity index is 712. The first-order valence-electron chi connectivity index (χ1n) is 10.8. The molecule has 1 spiro atoms. The highest BCUT2D eigenvalue weighted by Gasteiger charge is 2.65. The maximum atomic E-state index is 9.21. The monoisotopic (exact) mass is 371 g/mol. The Hall–Kier alpha value is -1.13. The van der Waals surface area contributed by atoms with E-state index in [9.17, 15) is 5.21 Å². The average Bonchev–Trinajstić information content (AvgIpc) is 3.23. The molecule has 4 nitrogen and oxygen atoms in total. The fraction of sp³-hybridized carbons (Fsp3) is 0.783. The summed E-state index contributed by atoms with van der Waals surface area (Å²) in [5.41, 5.74) is 2.53. The van der Waals surface area contributed by atoms with E-state index in [-0.39, 0.29) is 17.3 Å². The molecule has 0 radical (unpaired) electrons. The maximum Gasteiger partial charge on any atom is 0.177 e. The fourth-order valence-electron chi connectivity index (χ4n) is 7.83. The lowest BCUT2D eigenvalue weighted by Gasteiger charge is -2.57. The van der Waals surface area contributed by atoms with Crippen LogP contribution >= 0.6 is 0 Å². The molecular formula is C23H33NO3. The van der Waals surface area contributed by atoms with Crippen LogP contribution in [0.25, 0.3) is 0 Å². The third-order valence-electron chi connectivity index (χ3n) is 9.05. The van der Waals surface area contributed by atoms with Gasteiger partial charge in [-0.2, -0.15) is 0 Å². The van der Waals surface area contributed by atoms with Crippen molar-refractivity contribution in [1.29, 1.82) is 0 Å².